The second kappa shape index (κ2) is 8.29. The minimum atomic E-state index is -0.551. The molecule has 2 aliphatic rings. The topological polar surface area (TPSA) is 69.7 Å². The molecule has 2 fully saturated rings. The van der Waals surface area contributed by atoms with Crippen molar-refractivity contribution in [1.82, 2.24) is 15.1 Å². The molecular formula is C19H24FN3O3. The normalized spacial score (nSPS) is 21.0. The Kier molecular flexibility index (Phi) is 5.85. The van der Waals surface area contributed by atoms with E-state index in [1.54, 1.807) is 21.9 Å². The summed E-state index contributed by atoms with van der Waals surface area (Å²) in [7, 11) is 0. The number of rotatable bonds is 5. The Morgan fingerprint density at radius 3 is 2.62 bits per heavy atom. The van der Waals surface area contributed by atoms with Crippen molar-refractivity contribution in [3.05, 3.63) is 35.6 Å². The Morgan fingerprint density at radius 1 is 1.08 bits per heavy atom. The van der Waals surface area contributed by atoms with Crippen molar-refractivity contribution in [1.29, 1.82) is 0 Å². The zero-order chi connectivity index (χ0) is 18.5. The second-order valence-electron chi connectivity index (χ2n) is 6.92. The number of nitrogens with one attached hydrogen (secondary N) is 1. The summed E-state index contributed by atoms with van der Waals surface area (Å²) in [4.78, 5) is 40.0. The van der Waals surface area contributed by atoms with Gasteiger partial charge >= 0.3 is 0 Å². The van der Waals surface area contributed by atoms with Gasteiger partial charge in [0.1, 0.15) is 11.9 Å². The predicted octanol–water partition coefficient (Wildman–Crippen LogP) is 1.45. The first-order valence-electron chi connectivity index (χ1n) is 9.13. The van der Waals surface area contributed by atoms with E-state index in [2.05, 4.69) is 5.32 Å². The maximum absolute atomic E-state index is 13.0. The summed E-state index contributed by atoms with van der Waals surface area (Å²) in [6.07, 6.45) is 3.81. The number of carbonyl (C=O) groups is 3. The van der Waals surface area contributed by atoms with Crippen molar-refractivity contribution in [3.8, 4) is 0 Å². The number of nitrogens with zero attached hydrogens (tertiary/aromatic N) is 2. The van der Waals surface area contributed by atoms with Gasteiger partial charge in [-0.15, -0.1) is 0 Å². The van der Waals surface area contributed by atoms with Gasteiger partial charge in [-0.1, -0.05) is 18.6 Å². The van der Waals surface area contributed by atoms with Crippen molar-refractivity contribution in [3.63, 3.8) is 0 Å². The van der Waals surface area contributed by atoms with Crippen molar-refractivity contribution in [2.75, 3.05) is 19.6 Å². The van der Waals surface area contributed by atoms with Crippen LogP contribution >= 0.6 is 0 Å². The van der Waals surface area contributed by atoms with Gasteiger partial charge in [0, 0.05) is 26.1 Å². The molecule has 0 radical (unpaired) electrons. The summed E-state index contributed by atoms with van der Waals surface area (Å²) in [6.45, 7) is 1.56. The first kappa shape index (κ1) is 18.4. The van der Waals surface area contributed by atoms with Gasteiger partial charge in [0.05, 0.1) is 6.54 Å². The van der Waals surface area contributed by atoms with Crippen LogP contribution in [0.4, 0.5) is 4.39 Å². The molecule has 0 aliphatic carbocycles. The number of carbonyl (C=O) groups excluding carboxylic acids is 3. The average Bonchev–Trinajstić information content (AvgIpc) is 2.82. The van der Waals surface area contributed by atoms with Crippen LogP contribution in [0.2, 0.25) is 0 Å². The summed E-state index contributed by atoms with van der Waals surface area (Å²) >= 11 is 0. The Hall–Kier alpha value is -2.44. The van der Waals surface area contributed by atoms with Crippen LogP contribution in [0.1, 0.15) is 37.7 Å². The monoisotopic (exact) mass is 361 g/mol. The fourth-order valence-electron chi connectivity index (χ4n) is 3.46. The molecule has 1 aromatic rings. The van der Waals surface area contributed by atoms with E-state index < -0.39 is 6.04 Å². The first-order chi connectivity index (χ1) is 12.5. The molecule has 140 valence electrons. The number of amides is 3. The molecule has 2 saturated heterocycles. The molecule has 3 amide bonds. The number of hydrogen-bond donors (Lipinski definition) is 1. The molecule has 1 atom stereocenters. The van der Waals surface area contributed by atoms with Crippen LogP contribution < -0.4 is 5.32 Å². The van der Waals surface area contributed by atoms with Crippen molar-refractivity contribution >= 4 is 17.7 Å². The fourth-order valence-corrected chi connectivity index (χ4v) is 3.46. The average molecular weight is 361 g/mol. The lowest BCUT2D eigenvalue weighted by molar-refractivity contribution is -0.137. The van der Waals surface area contributed by atoms with Crippen LogP contribution in [0.25, 0.3) is 0 Å². The lowest BCUT2D eigenvalue weighted by Crippen LogP contribution is -2.46. The molecule has 1 aromatic carbocycles. The van der Waals surface area contributed by atoms with Crippen LogP contribution in [0.5, 0.6) is 0 Å². The highest BCUT2D eigenvalue weighted by Gasteiger charge is 2.33. The van der Waals surface area contributed by atoms with Crippen molar-refractivity contribution in [2.24, 2.45) is 0 Å². The van der Waals surface area contributed by atoms with E-state index in [0.717, 1.165) is 24.8 Å². The second-order valence-corrected chi connectivity index (χ2v) is 6.92. The summed E-state index contributed by atoms with van der Waals surface area (Å²) in [6, 6.07) is 5.49. The van der Waals surface area contributed by atoms with Gasteiger partial charge in [0.2, 0.25) is 17.7 Å². The molecule has 1 N–H and O–H groups in total. The highest BCUT2D eigenvalue weighted by atomic mass is 19.1. The van der Waals surface area contributed by atoms with Gasteiger partial charge in [-0.25, -0.2) is 4.39 Å². The van der Waals surface area contributed by atoms with E-state index in [0.29, 0.717) is 32.5 Å². The third-order valence-electron chi connectivity index (χ3n) is 4.93. The van der Waals surface area contributed by atoms with Gasteiger partial charge in [0.25, 0.3) is 0 Å². The third-order valence-corrected chi connectivity index (χ3v) is 4.93. The lowest BCUT2D eigenvalue weighted by atomic mass is 10.2. The summed E-state index contributed by atoms with van der Waals surface area (Å²) in [5, 5.41) is 2.76. The van der Waals surface area contributed by atoms with E-state index in [-0.39, 0.29) is 30.1 Å². The quantitative estimate of drug-likeness (QED) is 0.863. The third kappa shape index (κ3) is 4.59. The number of benzene rings is 1. The van der Waals surface area contributed by atoms with Crippen molar-refractivity contribution in [2.45, 2.75) is 44.7 Å². The van der Waals surface area contributed by atoms with Crippen LogP contribution in [0, 0.1) is 5.82 Å². The zero-order valence-corrected chi connectivity index (χ0v) is 14.7. The SMILES string of the molecule is O=C(CN1CCCCCC1=O)NC1CCN(Cc2ccc(F)cc2)C1=O. The lowest BCUT2D eigenvalue weighted by Gasteiger charge is -2.21. The van der Waals surface area contributed by atoms with E-state index >= 15 is 0 Å². The van der Waals surface area contributed by atoms with E-state index in [1.807, 2.05) is 0 Å². The molecule has 7 heteroatoms. The molecule has 0 aromatic heterocycles. The predicted molar refractivity (Wildman–Crippen MR) is 93.4 cm³/mol. The van der Waals surface area contributed by atoms with Crippen LogP contribution in [0.15, 0.2) is 24.3 Å². The molecule has 0 saturated carbocycles. The Bertz CT molecular complexity index is 677. The summed E-state index contributed by atoms with van der Waals surface area (Å²) in [5.74, 6) is -0.727. The van der Waals surface area contributed by atoms with Gasteiger partial charge in [-0.2, -0.15) is 0 Å². The Morgan fingerprint density at radius 2 is 1.85 bits per heavy atom. The van der Waals surface area contributed by atoms with E-state index in [9.17, 15) is 18.8 Å². The fraction of sp³-hybridized carbons (Fsp3) is 0.526. The van der Waals surface area contributed by atoms with Gasteiger partial charge in [-0.05, 0) is 37.0 Å². The molecule has 1 unspecified atom stereocenters. The van der Waals surface area contributed by atoms with Gasteiger partial charge in [0.15, 0.2) is 0 Å². The Labute approximate surface area is 152 Å². The minimum Gasteiger partial charge on any atom is -0.343 e. The molecule has 3 rings (SSSR count). The molecule has 0 bridgehead atoms. The minimum absolute atomic E-state index is 0.00772. The molecule has 26 heavy (non-hydrogen) atoms. The largest absolute Gasteiger partial charge is 0.343 e. The smallest absolute Gasteiger partial charge is 0.245 e. The van der Waals surface area contributed by atoms with E-state index in [4.69, 9.17) is 0 Å². The van der Waals surface area contributed by atoms with Crippen molar-refractivity contribution < 1.29 is 18.8 Å². The molecular weight excluding hydrogens is 337 g/mol. The summed E-state index contributed by atoms with van der Waals surface area (Å²) < 4.78 is 13.0. The highest BCUT2D eigenvalue weighted by Crippen LogP contribution is 2.16. The number of halogens is 1. The molecule has 6 nitrogen and oxygen atoms in total. The van der Waals surface area contributed by atoms with Crippen LogP contribution in [0.3, 0.4) is 0 Å². The maximum Gasteiger partial charge on any atom is 0.245 e. The van der Waals surface area contributed by atoms with Gasteiger partial charge < -0.3 is 15.1 Å². The molecule has 0 spiro atoms. The summed E-state index contributed by atoms with van der Waals surface area (Å²) in [5.41, 5.74) is 0.849. The van der Waals surface area contributed by atoms with Gasteiger partial charge in [-0.3, -0.25) is 14.4 Å². The standard InChI is InChI=1S/C19H24FN3O3/c20-15-7-5-14(6-8-15)12-23-11-9-16(19(23)26)21-17(24)13-22-10-3-1-2-4-18(22)25/h5-8,16H,1-4,9-13H2,(H,21,24). The molecule has 2 aliphatic heterocycles. The Balaban J connectivity index is 1.50. The van der Waals surface area contributed by atoms with Crippen LogP contribution in [-0.4, -0.2) is 53.2 Å². The molecule has 2 heterocycles. The van der Waals surface area contributed by atoms with E-state index in [1.165, 1.54) is 12.1 Å². The first-order valence-corrected chi connectivity index (χ1v) is 9.13. The number of likely N-dealkylation sites (tertiary alicyclic amines) is 2. The van der Waals surface area contributed by atoms with Crippen LogP contribution in [-0.2, 0) is 20.9 Å². The zero-order valence-electron chi connectivity index (χ0n) is 14.7. The highest BCUT2D eigenvalue weighted by molar-refractivity contribution is 5.91. The maximum atomic E-state index is 13.0. The number of hydrogen-bond acceptors (Lipinski definition) is 3.